The summed E-state index contributed by atoms with van der Waals surface area (Å²) in [7, 11) is 0. The van der Waals surface area contributed by atoms with Crippen LogP contribution in [0.15, 0.2) is 18.2 Å². The smallest absolute Gasteiger partial charge is 0.224 e. The van der Waals surface area contributed by atoms with Crippen LogP contribution >= 0.6 is 0 Å². The quantitative estimate of drug-likeness (QED) is 0.851. The Morgan fingerprint density at radius 3 is 2.76 bits per heavy atom. The van der Waals surface area contributed by atoms with Crippen molar-refractivity contribution in [2.75, 3.05) is 5.32 Å². The van der Waals surface area contributed by atoms with Crippen molar-refractivity contribution in [3.8, 4) is 0 Å². The number of aryl methyl sites for hydroxylation is 1. The molecule has 1 aromatic rings. The highest BCUT2D eigenvalue weighted by molar-refractivity contribution is 5.91. The molecule has 1 fully saturated rings. The van der Waals surface area contributed by atoms with Crippen LogP contribution in [0, 0.1) is 18.7 Å². The van der Waals surface area contributed by atoms with Gasteiger partial charge in [-0.3, -0.25) is 4.79 Å². The molecular weight excluding hydrogens is 217 g/mol. The van der Waals surface area contributed by atoms with E-state index < -0.39 is 0 Å². The van der Waals surface area contributed by atoms with Crippen molar-refractivity contribution in [3.63, 3.8) is 0 Å². The van der Waals surface area contributed by atoms with E-state index in [-0.39, 0.29) is 11.7 Å². The number of anilines is 1. The summed E-state index contributed by atoms with van der Waals surface area (Å²) in [6, 6.07) is 4.43. The molecule has 0 radical (unpaired) electrons. The van der Waals surface area contributed by atoms with E-state index in [9.17, 15) is 9.18 Å². The molecule has 2 rings (SSSR count). The molecule has 0 aromatic heterocycles. The first-order valence-electron chi connectivity index (χ1n) is 6.21. The third kappa shape index (κ3) is 3.29. The second-order valence-electron chi connectivity index (χ2n) is 4.86. The molecule has 1 aromatic carbocycles. The third-order valence-electron chi connectivity index (χ3n) is 3.41. The highest BCUT2D eigenvalue weighted by Gasteiger charge is 2.18. The van der Waals surface area contributed by atoms with E-state index in [1.165, 1.54) is 25.0 Å². The van der Waals surface area contributed by atoms with E-state index in [2.05, 4.69) is 5.32 Å². The summed E-state index contributed by atoms with van der Waals surface area (Å²) in [5.41, 5.74) is 1.49. The van der Waals surface area contributed by atoms with Gasteiger partial charge in [-0.05, 0) is 49.4 Å². The third-order valence-corrected chi connectivity index (χ3v) is 3.41. The molecule has 1 aliphatic carbocycles. The maximum Gasteiger partial charge on any atom is 0.224 e. The van der Waals surface area contributed by atoms with Gasteiger partial charge in [-0.1, -0.05) is 12.8 Å². The van der Waals surface area contributed by atoms with Crippen LogP contribution in [0.25, 0.3) is 0 Å². The van der Waals surface area contributed by atoms with E-state index >= 15 is 0 Å². The molecule has 0 bridgehead atoms. The molecule has 0 heterocycles. The van der Waals surface area contributed by atoms with E-state index in [1.54, 1.807) is 13.0 Å². The van der Waals surface area contributed by atoms with Crippen molar-refractivity contribution in [1.82, 2.24) is 0 Å². The van der Waals surface area contributed by atoms with Crippen molar-refractivity contribution >= 4 is 11.6 Å². The Labute approximate surface area is 101 Å². The number of rotatable bonds is 3. The van der Waals surface area contributed by atoms with Gasteiger partial charge in [0.15, 0.2) is 0 Å². The van der Waals surface area contributed by atoms with Gasteiger partial charge in [0.05, 0.1) is 0 Å². The minimum Gasteiger partial charge on any atom is -0.326 e. The van der Waals surface area contributed by atoms with Gasteiger partial charge in [-0.2, -0.15) is 0 Å². The van der Waals surface area contributed by atoms with Crippen LogP contribution in [0.2, 0.25) is 0 Å². The van der Waals surface area contributed by atoms with Crippen LogP contribution in [0.5, 0.6) is 0 Å². The molecule has 0 aliphatic heterocycles. The number of amides is 1. The summed E-state index contributed by atoms with van der Waals surface area (Å²) in [4.78, 5) is 11.8. The summed E-state index contributed by atoms with van der Waals surface area (Å²) in [6.07, 6.45) is 5.41. The van der Waals surface area contributed by atoms with Gasteiger partial charge in [0, 0.05) is 12.1 Å². The van der Waals surface area contributed by atoms with Crippen LogP contribution in [0.1, 0.15) is 37.7 Å². The summed E-state index contributed by atoms with van der Waals surface area (Å²) in [5.74, 6) is 0.318. The predicted molar refractivity (Wildman–Crippen MR) is 66.3 cm³/mol. The molecule has 0 saturated heterocycles. The zero-order chi connectivity index (χ0) is 12.3. The largest absolute Gasteiger partial charge is 0.326 e. The Balaban J connectivity index is 1.93. The molecule has 92 valence electrons. The van der Waals surface area contributed by atoms with Crippen molar-refractivity contribution in [2.24, 2.45) is 5.92 Å². The van der Waals surface area contributed by atoms with Crippen LogP contribution in [0.3, 0.4) is 0 Å². The maximum atomic E-state index is 12.9. The number of nitrogens with one attached hydrogen (secondary N) is 1. The topological polar surface area (TPSA) is 29.1 Å². The summed E-state index contributed by atoms with van der Waals surface area (Å²) in [6.45, 7) is 1.80. The van der Waals surface area contributed by atoms with E-state index in [1.807, 2.05) is 0 Å². The van der Waals surface area contributed by atoms with E-state index in [4.69, 9.17) is 0 Å². The van der Waals surface area contributed by atoms with Gasteiger partial charge in [0.1, 0.15) is 5.82 Å². The summed E-state index contributed by atoms with van der Waals surface area (Å²) < 4.78 is 12.9. The van der Waals surface area contributed by atoms with Crippen LogP contribution in [-0.4, -0.2) is 5.91 Å². The average molecular weight is 235 g/mol. The van der Waals surface area contributed by atoms with Crippen molar-refractivity contribution in [2.45, 2.75) is 39.0 Å². The molecule has 3 heteroatoms. The summed E-state index contributed by atoms with van der Waals surface area (Å²) in [5, 5.41) is 2.86. The lowest BCUT2D eigenvalue weighted by molar-refractivity contribution is -0.117. The standard InChI is InChI=1S/C14H18FNO/c1-10-8-12(15)6-7-13(10)16-14(17)9-11-4-2-3-5-11/h6-8,11H,2-5,9H2,1H3,(H,16,17). The minimum atomic E-state index is -0.267. The van der Waals surface area contributed by atoms with Gasteiger partial charge in [0.2, 0.25) is 5.91 Å². The Bertz CT molecular complexity index is 411. The lowest BCUT2D eigenvalue weighted by Crippen LogP contribution is -2.15. The molecule has 1 amide bonds. The monoisotopic (exact) mass is 235 g/mol. The second kappa shape index (κ2) is 5.30. The first-order valence-corrected chi connectivity index (χ1v) is 6.21. The van der Waals surface area contributed by atoms with Crippen molar-refractivity contribution in [3.05, 3.63) is 29.6 Å². The SMILES string of the molecule is Cc1cc(F)ccc1NC(=O)CC1CCCC1. The Hall–Kier alpha value is -1.38. The maximum absolute atomic E-state index is 12.9. The number of carbonyl (C=O) groups excluding carboxylic acids is 1. The molecule has 1 N–H and O–H groups in total. The first-order chi connectivity index (χ1) is 8.15. The molecule has 1 saturated carbocycles. The van der Waals surface area contributed by atoms with Gasteiger partial charge in [-0.25, -0.2) is 4.39 Å². The highest BCUT2D eigenvalue weighted by atomic mass is 19.1. The fourth-order valence-corrected chi connectivity index (χ4v) is 2.45. The fraction of sp³-hybridized carbons (Fsp3) is 0.500. The van der Waals surface area contributed by atoms with E-state index in [0.717, 1.165) is 24.1 Å². The molecule has 0 spiro atoms. The lowest BCUT2D eigenvalue weighted by Gasteiger charge is -2.11. The van der Waals surface area contributed by atoms with Gasteiger partial charge >= 0.3 is 0 Å². The molecular formula is C14H18FNO. The molecule has 0 atom stereocenters. The van der Waals surface area contributed by atoms with Gasteiger partial charge < -0.3 is 5.32 Å². The van der Waals surface area contributed by atoms with Crippen molar-refractivity contribution < 1.29 is 9.18 Å². The summed E-state index contributed by atoms with van der Waals surface area (Å²) >= 11 is 0. The zero-order valence-electron chi connectivity index (χ0n) is 10.1. The number of halogens is 1. The molecule has 17 heavy (non-hydrogen) atoms. The van der Waals surface area contributed by atoms with Crippen molar-refractivity contribution in [1.29, 1.82) is 0 Å². The number of benzene rings is 1. The van der Waals surface area contributed by atoms with Crippen LogP contribution in [-0.2, 0) is 4.79 Å². The van der Waals surface area contributed by atoms with Crippen LogP contribution in [0.4, 0.5) is 10.1 Å². The molecule has 2 nitrogen and oxygen atoms in total. The number of hydrogen-bond acceptors (Lipinski definition) is 1. The normalized spacial score (nSPS) is 16.1. The molecule has 1 aliphatic rings. The minimum absolute atomic E-state index is 0.0478. The second-order valence-corrected chi connectivity index (χ2v) is 4.86. The zero-order valence-corrected chi connectivity index (χ0v) is 10.1. The Kier molecular flexibility index (Phi) is 3.77. The van der Waals surface area contributed by atoms with E-state index in [0.29, 0.717) is 12.3 Å². The highest BCUT2D eigenvalue weighted by Crippen LogP contribution is 2.28. The fourth-order valence-electron chi connectivity index (χ4n) is 2.45. The van der Waals surface area contributed by atoms with Gasteiger partial charge in [0.25, 0.3) is 0 Å². The first kappa shape index (κ1) is 12.1. The number of hydrogen-bond donors (Lipinski definition) is 1. The molecule has 0 unspecified atom stereocenters. The predicted octanol–water partition coefficient (Wildman–Crippen LogP) is 3.65. The van der Waals surface area contributed by atoms with Crippen LogP contribution < -0.4 is 5.32 Å². The lowest BCUT2D eigenvalue weighted by atomic mass is 10.0. The Morgan fingerprint density at radius 1 is 1.41 bits per heavy atom. The number of carbonyl (C=O) groups is 1. The Morgan fingerprint density at radius 2 is 2.12 bits per heavy atom. The average Bonchev–Trinajstić information content (AvgIpc) is 2.75. The van der Waals surface area contributed by atoms with Gasteiger partial charge in [-0.15, -0.1) is 0 Å².